The van der Waals surface area contributed by atoms with E-state index in [2.05, 4.69) is 6.92 Å². The fraction of sp³-hybridized carbons (Fsp3) is 0.909. The number of amides is 2. The molecule has 0 atom stereocenters. The summed E-state index contributed by atoms with van der Waals surface area (Å²) in [4.78, 5) is 15.6. The van der Waals surface area contributed by atoms with Gasteiger partial charge in [0.2, 0.25) is 0 Å². The number of rotatable bonds is 4. The molecule has 1 aliphatic heterocycles. The van der Waals surface area contributed by atoms with E-state index in [4.69, 9.17) is 4.74 Å². The third-order valence-corrected chi connectivity index (χ3v) is 2.71. The van der Waals surface area contributed by atoms with Gasteiger partial charge >= 0.3 is 6.03 Å². The van der Waals surface area contributed by atoms with Crippen molar-refractivity contribution in [3.8, 4) is 0 Å². The van der Waals surface area contributed by atoms with E-state index >= 15 is 0 Å². The molecule has 1 saturated heterocycles. The minimum Gasteiger partial charge on any atom is -0.378 e. The Morgan fingerprint density at radius 3 is 2.60 bits per heavy atom. The molecule has 15 heavy (non-hydrogen) atoms. The lowest BCUT2D eigenvalue weighted by molar-refractivity contribution is 0.0452. The Balaban J connectivity index is 2.24. The molecule has 0 spiro atoms. The van der Waals surface area contributed by atoms with Crippen molar-refractivity contribution in [2.24, 2.45) is 0 Å². The average molecular weight is 214 g/mol. The highest BCUT2D eigenvalue weighted by Crippen LogP contribution is 2.03. The van der Waals surface area contributed by atoms with Gasteiger partial charge in [0, 0.05) is 26.7 Å². The van der Waals surface area contributed by atoms with E-state index in [0.717, 1.165) is 26.1 Å². The maximum atomic E-state index is 11.9. The first-order valence-corrected chi connectivity index (χ1v) is 5.83. The number of urea groups is 1. The van der Waals surface area contributed by atoms with Crippen molar-refractivity contribution in [3.05, 3.63) is 0 Å². The largest absolute Gasteiger partial charge is 0.378 e. The summed E-state index contributed by atoms with van der Waals surface area (Å²) >= 11 is 0. The van der Waals surface area contributed by atoms with Crippen LogP contribution in [0.15, 0.2) is 0 Å². The molecule has 1 rings (SSSR count). The van der Waals surface area contributed by atoms with E-state index in [-0.39, 0.29) is 6.03 Å². The van der Waals surface area contributed by atoms with E-state index in [9.17, 15) is 4.79 Å². The highest BCUT2D eigenvalue weighted by molar-refractivity contribution is 5.74. The zero-order chi connectivity index (χ0) is 11.1. The predicted octanol–water partition coefficient (Wildman–Crippen LogP) is 1.56. The van der Waals surface area contributed by atoms with Crippen LogP contribution in [-0.4, -0.2) is 55.7 Å². The molecular weight excluding hydrogens is 192 g/mol. The van der Waals surface area contributed by atoms with Crippen LogP contribution in [0, 0.1) is 0 Å². The summed E-state index contributed by atoms with van der Waals surface area (Å²) in [5, 5.41) is 0. The molecular formula is C11H22N2O2. The second kappa shape index (κ2) is 6.67. The Morgan fingerprint density at radius 1 is 1.33 bits per heavy atom. The van der Waals surface area contributed by atoms with Crippen LogP contribution in [-0.2, 0) is 4.74 Å². The third kappa shape index (κ3) is 4.08. The fourth-order valence-corrected chi connectivity index (χ4v) is 1.69. The molecule has 0 N–H and O–H groups in total. The summed E-state index contributed by atoms with van der Waals surface area (Å²) in [6.07, 6.45) is 3.49. The number of ether oxygens (including phenoxy) is 1. The van der Waals surface area contributed by atoms with Crippen LogP contribution in [0.25, 0.3) is 0 Å². The molecule has 0 aliphatic carbocycles. The van der Waals surface area contributed by atoms with Crippen LogP contribution in [0.2, 0.25) is 0 Å². The molecule has 1 fully saturated rings. The molecule has 4 nitrogen and oxygen atoms in total. The van der Waals surface area contributed by atoms with Crippen molar-refractivity contribution in [2.45, 2.75) is 26.2 Å². The van der Waals surface area contributed by atoms with Gasteiger partial charge in [-0.3, -0.25) is 0 Å². The standard InChI is InChI=1S/C11H22N2O2/c1-3-4-5-6-12(2)11(14)13-7-9-15-10-8-13/h3-10H2,1-2H3. The lowest BCUT2D eigenvalue weighted by atomic mass is 10.2. The summed E-state index contributed by atoms with van der Waals surface area (Å²) in [6, 6.07) is 0.148. The third-order valence-electron chi connectivity index (χ3n) is 2.71. The van der Waals surface area contributed by atoms with Crippen LogP contribution in [0.1, 0.15) is 26.2 Å². The first-order chi connectivity index (χ1) is 7.25. The number of morpholine rings is 1. The summed E-state index contributed by atoms with van der Waals surface area (Å²) in [5.41, 5.74) is 0. The minimum absolute atomic E-state index is 0.148. The summed E-state index contributed by atoms with van der Waals surface area (Å²) in [7, 11) is 1.88. The van der Waals surface area contributed by atoms with Crippen LogP contribution in [0.4, 0.5) is 4.79 Å². The quantitative estimate of drug-likeness (QED) is 0.665. The molecule has 0 unspecified atom stereocenters. The minimum atomic E-state index is 0.148. The van der Waals surface area contributed by atoms with Gasteiger partial charge in [0.1, 0.15) is 0 Å². The predicted molar refractivity (Wildman–Crippen MR) is 59.9 cm³/mol. The number of nitrogens with zero attached hydrogens (tertiary/aromatic N) is 2. The molecule has 0 aromatic rings. The van der Waals surface area contributed by atoms with Crippen LogP contribution >= 0.6 is 0 Å². The second-order valence-electron chi connectivity index (χ2n) is 4.01. The van der Waals surface area contributed by atoms with Crippen molar-refractivity contribution in [3.63, 3.8) is 0 Å². The lowest BCUT2D eigenvalue weighted by Crippen LogP contribution is -2.47. The normalized spacial score (nSPS) is 16.5. The molecule has 0 aromatic carbocycles. The Kier molecular flexibility index (Phi) is 5.47. The monoisotopic (exact) mass is 214 g/mol. The van der Waals surface area contributed by atoms with Gasteiger partial charge in [0.05, 0.1) is 13.2 Å². The first kappa shape index (κ1) is 12.3. The smallest absolute Gasteiger partial charge is 0.319 e. The van der Waals surface area contributed by atoms with Crippen LogP contribution in [0.3, 0.4) is 0 Å². The molecule has 88 valence electrons. The van der Waals surface area contributed by atoms with Gasteiger partial charge in [-0.25, -0.2) is 4.79 Å². The SMILES string of the molecule is CCCCCN(C)C(=O)N1CCOCC1. The maximum absolute atomic E-state index is 11.9. The molecule has 0 aromatic heterocycles. The summed E-state index contributed by atoms with van der Waals surface area (Å²) < 4.78 is 5.22. The zero-order valence-corrected chi connectivity index (χ0v) is 9.87. The maximum Gasteiger partial charge on any atom is 0.319 e. The highest BCUT2D eigenvalue weighted by atomic mass is 16.5. The lowest BCUT2D eigenvalue weighted by Gasteiger charge is -2.31. The van der Waals surface area contributed by atoms with E-state index in [1.54, 1.807) is 0 Å². The van der Waals surface area contributed by atoms with Gasteiger partial charge in [-0.2, -0.15) is 0 Å². The fourth-order valence-electron chi connectivity index (χ4n) is 1.69. The van der Waals surface area contributed by atoms with Crippen molar-refractivity contribution < 1.29 is 9.53 Å². The van der Waals surface area contributed by atoms with E-state index in [0.29, 0.717) is 13.2 Å². The molecule has 4 heteroatoms. The van der Waals surface area contributed by atoms with E-state index < -0.39 is 0 Å². The molecule has 2 amide bonds. The van der Waals surface area contributed by atoms with E-state index in [1.165, 1.54) is 12.8 Å². The molecule has 1 aliphatic rings. The highest BCUT2D eigenvalue weighted by Gasteiger charge is 2.19. The van der Waals surface area contributed by atoms with Gasteiger partial charge in [-0.05, 0) is 6.42 Å². The van der Waals surface area contributed by atoms with Gasteiger partial charge in [0.15, 0.2) is 0 Å². The van der Waals surface area contributed by atoms with Crippen molar-refractivity contribution >= 4 is 6.03 Å². The number of carbonyl (C=O) groups excluding carboxylic acids is 1. The number of carbonyl (C=O) groups is 1. The second-order valence-corrected chi connectivity index (χ2v) is 4.01. The number of hydrogen-bond donors (Lipinski definition) is 0. The number of unbranched alkanes of at least 4 members (excludes halogenated alkanes) is 2. The Morgan fingerprint density at radius 2 is 2.00 bits per heavy atom. The van der Waals surface area contributed by atoms with Gasteiger partial charge in [0.25, 0.3) is 0 Å². The van der Waals surface area contributed by atoms with Crippen molar-refractivity contribution in [1.82, 2.24) is 9.80 Å². The molecule has 0 radical (unpaired) electrons. The van der Waals surface area contributed by atoms with Crippen LogP contribution < -0.4 is 0 Å². The topological polar surface area (TPSA) is 32.8 Å². The Labute approximate surface area is 92.2 Å². The van der Waals surface area contributed by atoms with E-state index in [1.807, 2.05) is 16.8 Å². The molecule has 0 saturated carbocycles. The number of hydrogen-bond acceptors (Lipinski definition) is 2. The average Bonchev–Trinajstić information content (AvgIpc) is 2.29. The Hall–Kier alpha value is -0.770. The van der Waals surface area contributed by atoms with Gasteiger partial charge in [-0.15, -0.1) is 0 Å². The van der Waals surface area contributed by atoms with Crippen LogP contribution in [0.5, 0.6) is 0 Å². The zero-order valence-electron chi connectivity index (χ0n) is 9.87. The van der Waals surface area contributed by atoms with Gasteiger partial charge in [-0.1, -0.05) is 19.8 Å². The van der Waals surface area contributed by atoms with Crippen molar-refractivity contribution in [1.29, 1.82) is 0 Å². The summed E-state index contributed by atoms with van der Waals surface area (Å²) in [6.45, 7) is 5.85. The molecule has 1 heterocycles. The van der Waals surface area contributed by atoms with Crippen molar-refractivity contribution in [2.75, 3.05) is 39.9 Å². The summed E-state index contributed by atoms with van der Waals surface area (Å²) in [5.74, 6) is 0. The first-order valence-electron chi connectivity index (χ1n) is 5.83. The van der Waals surface area contributed by atoms with Gasteiger partial charge < -0.3 is 14.5 Å². The molecule has 0 bridgehead atoms. The Bertz CT molecular complexity index is 191.